The molecule has 0 bridgehead atoms. The molecule has 0 saturated heterocycles. The molecule has 1 rings (SSSR count). The van der Waals surface area contributed by atoms with Crippen LogP contribution in [0.4, 0.5) is 4.79 Å². The number of rotatable bonds is 2. The lowest BCUT2D eigenvalue weighted by molar-refractivity contribution is 0.170. The Labute approximate surface area is 76.9 Å². The molecule has 0 aliphatic rings. The summed E-state index contributed by atoms with van der Waals surface area (Å²) in [5, 5.41) is 2.55. The van der Waals surface area contributed by atoms with Crippen LogP contribution < -0.4 is 5.32 Å². The fourth-order valence-electron chi connectivity index (χ4n) is 0.930. The summed E-state index contributed by atoms with van der Waals surface area (Å²) in [7, 11) is 1.33. The average Bonchev–Trinajstić information content (AvgIpc) is 2.14. The lowest BCUT2D eigenvalue weighted by atomic mass is 10.2. The fraction of sp³-hybridized carbons (Fsp3) is 0.333. The Bertz CT molecular complexity index is 299. The maximum atomic E-state index is 10.7. The molecule has 0 radical (unpaired) electrons. The third kappa shape index (κ3) is 3.11. The number of pyridine rings is 1. The number of methoxy groups -OCH3 is 1. The summed E-state index contributed by atoms with van der Waals surface area (Å²) in [6.07, 6.45) is 1.27. The number of alkyl carbamates (subject to hydrolysis) is 1. The number of carbonyl (C=O) groups excluding carboxylic acids is 1. The fourth-order valence-corrected chi connectivity index (χ4v) is 0.930. The van der Waals surface area contributed by atoms with Gasteiger partial charge in [-0.05, 0) is 24.6 Å². The molecule has 0 aliphatic heterocycles. The third-order valence-corrected chi connectivity index (χ3v) is 1.57. The summed E-state index contributed by atoms with van der Waals surface area (Å²) in [5.74, 6) is 0. The minimum Gasteiger partial charge on any atom is -0.453 e. The van der Waals surface area contributed by atoms with Gasteiger partial charge in [0.1, 0.15) is 0 Å². The van der Waals surface area contributed by atoms with E-state index in [-0.39, 0.29) is 0 Å². The van der Waals surface area contributed by atoms with Crippen molar-refractivity contribution in [3.63, 3.8) is 0 Å². The molecular weight excluding hydrogens is 168 g/mol. The van der Waals surface area contributed by atoms with Crippen LogP contribution in [0.3, 0.4) is 0 Å². The van der Waals surface area contributed by atoms with E-state index in [1.165, 1.54) is 7.11 Å². The Morgan fingerprint density at radius 1 is 1.69 bits per heavy atom. The first-order valence-corrected chi connectivity index (χ1v) is 3.95. The molecule has 1 heterocycles. The van der Waals surface area contributed by atoms with Crippen LogP contribution in [-0.2, 0) is 11.3 Å². The molecule has 1 aromatic rings. The van der Waals surface area contributed by atoms with Crippen molar-refractivity contribution in [3.8, 4) is 0 Å². The second kappa shape index (κ2) is 4.45. The van der Waals surface area contributed by atoms with Crippen molar-refractivity contribution in [1.82, 2.24) is 10.3 Å². The first kappa shape index (κ1) is 9.51. The molecule has 0 aromatic carbocycles. The van der Waals surface area contributed by atoms with Gasteiger partial charge in [0.25, 0.3) is 0 Å². The van der Waals surface area contributed by atoms with Crippen molar-refractivity contribution in [2.45, 2.75) is 13.5 Å². The number of nitrogens with one attached hydrogen (secondary N) is 1. The molecule has 0 aliphatic carbocycles. The maximum absolute atomic E-state index is 10.7. The van der Waals surface area contributed by atoms with E-state index >= 15 is 0 Å². The first-order chi connectivity index (χ1) is 6.22. The Morgan fingerprint density at radius 3 is 3.08 bits per heavy atom. The maximum Gasteiger partial charge on any atom is 0.407 e. The lowest BCUT2D eigenvalue weighted by Gasteiger charge is -2.03. The average molecular weight is 180 g/mol. The van der Waals surface area contributed by atoms with E-state index in [9.17, 15) is 4.79 Å². The van der Waals surface area contributed by atoms with Gasteiger partial charge in [-0.3, -0.25) is 4.98 Å². The number of aryl methyl sites for hydroxylation is 1. The number of ether oxygens (including phenoxy) is 1. The summed E-state index contributed by atoms with van der Waals surface area (Å²) in [6.45, 7) is 2.37. The van der Waals surface area contributed by atoms with Crippen LogP contribution in [0, 0.1) is 6.92 Å². The van der Waals surface area contributed by atoms with Crippen molar-refractivity contribution >= 4 is 6.09 Å². The number of carbonyl (C=O) groups is 1. The molecule has 1 N–H and O–H groups in total. The molecule has 0 fully saturated rings. The predicted molar refractivity (Wildman–Crippen MR) is 48.2 cm³/mol. The molecule has 0 saturated carbocycles. The SMILES string of the molecule is COC(=O)NCc1cc(C)ccn1. The highest BCUT2D eigenvalue weighted by atomic mass is 16.5. The van der Waals surface area contributed by atoms with Crippen LogP contribution in [0.5, 0.6) is 0 Å². The highest BCUT2D eigenvalue weighted by Crippen LogP contribution is 1.98. The number of nitrogens with zero attached hydrogens (tertiary/aromatic N) is 1. The number of hydrogen-bond acceptors (Lipinski definition) is 3. The van der Waals surface area contributed by atoms with Gasteiger partial charge >= 0.3 is 6.09 Å². The number of amides is 1. The normalized spacial score (nSPS) is 9.38. The van der Waals surface area contributed by atoms with Crippen molar-refractivity contribution in [3.05, 3.63) is 29.6 Å². The number of hydrogen-bond donors (Lipinski definition) is 1. The molecule has 70 valence electrons. The van der Waals surface area contributed by atoms with Crippen LogP contribution in [0.2, 0.25) is 0 Å². The molecule has 0 spiro atoms. The Kier molecular flexibility index (Phi) is 3.25. The molecule has 1 amide bonds. The zero-order valence-electron chi connectivity index (χ0n) is 7.70. The van der Waals surface area contributed by atoms with E-state index in [0.29, 0.717) is 6.54 Å². The van der Waals surface area contributed by atoms with E-state index in [0.717, 1.165) is 11.3 Å². The highest BCUT2D eigenvalue weighted by molar-refractivity contribution is 5.66. The van der Waals surface area contributed by atoms with Gasteiger partial charge in [0.2, 0.25) is 0 Å². The second-order valence-electron chi connectivity index (χ2n) is 2.67. The lowest BCUT2D eigenvalue weighted by Crippen LogP contribution is -2.22. The van der Waals surface area contributed by atoms with Crippen molar-refractivity contribution in [2.75, 3.05) is 7.11 Å². The van der Waals surface area contributed by atoms with Crippen LogP contribution >= 0.6 is 0 Å². The van der Waals surface area contributed by atoms with Gasteiger partial charge in [-0.2, -0.15) is 0 Å². The molecule has 1 aromatic heterocycles. The monoisotopic (exact) mass is 180 g/mol. The molecule has 0 atom stereocenters. The number of aromatic nitrogens is 1. The van der Waals surface area contributed by atoms with Gasteiger partial charge in [-0.25, -0.2) is 4.79 Å². The van der Waals surface area contributed by atoms with Gasteiger partial charge < -0.3 is 10.1 Å². The van der Waals surface area contributed by atoms with Gasteiger partial charge in [-0.15, -0.1) is 0 Å². The third-order valence-electron chi connectivity index (χ3n) is 1.57. The summed E-state index contributed by atoms with van der Waals surface area (Å²) in [6, 6.07) is 3.82. The van der Waals surface area contributed by atoms with Gasteiger partial charge in [0.15, 0.2) is 0 Å². The zero-order chi connectivity index (χ0) is 9.68. The molecule has 4 nitrogen and oxygen atoms in total. The van der Waals surface area contributed by atoms with E-state index in [1.807, 2.05) is 19.1 Å². The minimum absolute atomic E-state index is 0.397. The first-order valence-electron chi connectivity index (χ1n) is 3.95. The quantitative estimate of drug-likeness (QED) is 0.745. The van der Waals surface area contributed by atoms with Gasteiger partial charge in [0.05, 0.1) is 19.3 Å². The molecule has 13 heavy (non-hydrogen) atoms. The molecule has 4 heteroatoms. The van der Waals surface area contributed by atoms with Crippen LogP contribution in [0.25, 0.3) is 0 Å². The smallest absolute Gasteiger partial charge is 0.407 e. The van der Waals surface area contributed by atoms with Crippen LogP contribution in [0.15, 0.2) is 18.3 Å². The summed E-state index contributed by atoms with van der Waals surface area (Å²) in [5.41, 5.74) is 1.95. The topological polar surface area (TPSA) is 51.2 Å². The van der Waals surface area contributed by atoms with E-state index in [4.69, 9.17) is 0 Å². The van der Waals surface area contributed by atoms with Gasteiger partial charge in [0, 0.05) is 6.20 Å². The Morgan fingerprint density at radius 2 is 2.46 bits per heavy atom. The molecular formula is C9H12N2O2. The van der Waals surface area contributed by atoms with Crippen LogP contribution in [-0.4, -0.2) is 18.2 Å². The summed E-state index contributed by atoms with van der Waals surface area (Å²) >= 11 is 0. The van der Waals surface area contributed by atoms with Crippen molar-refractivity contribution in [1.29, 1.82) is 0 Å². The van der Waals surface area contributed by atoms with Crippen LogP contribution in [0.1, 0.15) is 11.3 Å². The predicted octanol–water partition coefficient (Wildman–Crippen LogP) is 1.25. The van der Waals surface area contributed by atoms with E-state index in [2.05, 4.69) is 15.0 Å². The largest absolute Gasteiger partial charge is 0.453 e. The summed E-state index contributed by atoms with van der Waals surface area (Å²) < 4.78 is 4.42. The second-order valence-corrected chi connectivity index (χ2v) is 2.67. The van der Waals surface area contributed by atoms with E-state index in [1.54, 1.807) is 6.20 Å². The van der Waals surface area contributed by atoms with Crippen molar-refractivity contribution in [2.24, 2.45) is 0 Å². The Hall–Kier alpha value is -1.58. The minimum atomic E-state index is -0.441. The highest BCUT2D eigenvalue weighted by Gasteiger charge is 1.99. The Balaban J connectivity index is 2.50. The molecule has 0 unspecified atom stereocenters. The zero-order valence-corrected chi connectivity index (χ0v) is 7.70. The van der Waals surface area contributed by atoms with Gasteiger partial charge in [-0.1, -0.05) is 0 Å². The van der Waals surface area contributed by atoms with E-state index < -0.39 is 6.09 Å². The standard InChI is InChI=1S/C9H12N2O2/c1-7-3-4-10-8(5-7)6-11-9(12)13-2/h3-5H,6H2,1-2H3,(H,11,12). The summed E-state index contributed by atoms with van der Waals surface area (Å²) in [4.78, 5) is 14.8. The van der Waals surface area contributed by atoms with Crippen molar-refractivity contribution < 1.29 is 9.53 Å².